The van der Waals surface area contributed by atoms with E-state index in [4.69, 9.17) is 31.9 Å². The van der Waals surface area contributed by atoms with Crippen LogP contribution in [-0.2, 0) is 29.1 Å². The van der Waals surface area contributed by atoms with E-state index in [0.717, 1.165) is 25.7 Å². The Hall–Kier alpha value is -1.61. The number of hydrogen-bond donors (Lipinski definition) is 1. The maximum Gasteiger partial charge on any atom is 0.330 e. The molecule has 1 fully saturated rings. The van der Waals surface area contributed by atoms with Gasteiger partial charge in [-0.25, -0.2) is 13.2 Å². The van der Waals surface area contributed by atoms with Gasteiger partial charge in [-0.15, -0.1) is 0 Å². The van der Waals surface area contributed by atoms with E-state index >= 15 is 0 Å². The summed E-state index contributed by atoms with van der Waals surface area (Å²) in [5.74, 6) is 0. The van der Waals surface area contributed by atoms with E-state index in [1.54, 1.807) is 13.1 Å². The van der Waals surface area contributed by atoms with E-state index in [-0.39, 0.29) is 17.8 Å². The van der Waals surface area contributed by atoms with Gasteiger partial charge in [-0.3, -0.25) is 14.3 Å². The van der Waals surface area contributed by atoms with Crippen LogP contribution in [0.25, 0.3) is 0 Å². The van der Waals surface area contributed by atoms with Crippen molar-refractivity contribution in [2.24, 2.45) is 0 Å². The fraction of sp³-hybridized carbons (Fsp3) is 0.915. The highest BCUT2D eigenvalue weighted by atomic mass is 32.2. The summed E-state index contributed by atoms with van der Waals surface area (Å²) in [4.78, 5) is 27.3. The number of likely N-dealkylation sites (N-methyl/N-ethyl adjacent to an activating group) is 1. The number of aryl methyl sites for hydroxylation is 1. The van der Waals surface area contributed by atoms with Crippen molar-refractivity contribution in [1.29, 1.82) is 0 Å². The average molecular weight is 874 g/mol. The molecule has 1 aromatic rings. The molecule has 0 saturated carbocycles. The molecular formula is C47H91N3O9S. The fourth-order valence-corrected chi connectivity index (χ4v) is 7.74. The van der Waals surface area contributed by atoms with Gasteiger partial charge in [-0.2, -0.15) is 0 Å². The second-order valence-electron chi connectivity index (χ2n) is 18.4. The lowest BCUT2D eigenvalue weighted by atomic mass is 10.0. The minimum absolute atomic E-state index is 0.263. The second kappa shape index (κ2) is 34.8. The summed E-state index contributed by atoms with van der Waals surface area (Å²) in [5.41, 5.74) is -0.365. The lowest BCUT2D eigenvalue weighted by Crippen LogP contribution is -2.46. The van der Waals surface area contributed by atoms with Crippen molar-refractivity contribution in [3.8, 4) is 0 Å². The third kappa shape index (κ3) is 32.1. The van der Waals surface area contributed by atoms with Gasteiger partial charge in [-0.1, -0.05) is 181 Å². The summed E-state index contributed by atoms with van der Waals surface area (Å²) in [6.07, 6.45) is 38.5. The molecular weight excluding hydrogens is 783 g/mol. The first-order chi connectivity index (χ1) is 28.6. The summed E-state index contributed by atoms with van der Waals surface area (Å²) < 4.78 is 55.0. The standard InChI is InChI=1S/C46H87N3O6.CH4O3S/c1-7-9-11-13-15-17-19-21-23-25-27-29-31-33-35-52-46(53-36-34-32-30-28-26-24-22-20-18-16-14-12-10-8-2)55-41-37-43(54-42(41)39-49(4,5)6)48-38-40(3)44(50)47-45(48)51;1-5(2,3)4/h38,41-43,46H,7-37,39H2,1-6H3;1H3,(H,2,3,4)/t41-,42+,43+;/m0./s1. The van der Waals surface area contributed by atoms with Gasteiger partial charge in [0.1, 0.15) is 18.9 Å². The highest BCUT2D eigenvalue weighted by Crippen LogP contribution is 2.32. The lowest BCUT2D eigenvalue weighted by molar-refractivity contribution is -0.874. The zero-order valence-electron chi connectivity index (χ0n) is 39.5. The number of quaternary nitrogens is 1. The lowest BCUT2D eigenvalue weighted by Gasteiger charge is -2.31. The van der Waals surface area contributed by atoms with Crippen LogP contribution in [0.15, 0.2) is 15.8 Å². The molecule has 1 aliphatic rings. The zero-order valence-corrected chi connectivity index (χ0v) is 40.3. The number of hydrogen-bond acceptors (Lipinski definition) is 9. The molecule has 1 saturated heterocycles. The van der Waals surface area contributed by atoms with E-state index < -0.39 is 28.5 Å². The first-order valence-corrected chi connectivity index (χ1v) is 26.0. The van der Waals surface area contributed by atoms with E-state index in [2.05, 4.69) is 40.0 Å². The molecule has 0 unspecified atom stereocenters. The van der Waals surface area contributed by atoms with E-state index in [0.29, 0.717) is 42.5 Å². The predicted octanol–water partition coefficient (Wildman–Crippen LogP) is 10.7. The van der Waals surface area contributed by atoms with Gasteiger partial charge in [0, 0.05) is 24.4 Å². The number of aromatic nitrogens is 2. The summed E-state index contributed by atoms with van der Waals surface area (Å²) in [6.45, 7) is 7.38. The van der Waals surface area contributed by atoms with Crippen LogP contribution in [-0.4, -0.2) is 92.8 Å². The fourth-order valence-electron chi connectivity index (χ4n) is 7.74. The normalized spacial score (nSPS) is 17.1. The van der Waals surface area contributed by atoms with Gasteiger partial charge in [0.05, 0.1) is 50.6 Å². The van der Waals surface area contributed by atoms with Gasteiger partial charge in [0.25, 0.3) is 12.0 Å². The van der Waals surface area contributed by atoms with E-state index in [1.165, 1.54) is 159 Å². The molecule has 0 amide bonds. The molecule has 2 rings (SSSR count). The Labute approximate surface area is 366 Å². The number of ether oxygens (including phenoxy) is 4. The molecule has 60 heavy (non-hydrogen) atoms. The van der Waals surface area contributed by atoms with Gasteiger partial charge in [0.2, 0.25) is 0 Å². The molecule has 3 atom stereocenters. The molecule has 13 heteroatoms. The predicted molar refractivity (Wildman–Crippen MR) is 244 cm³/mol. The van der Waals surface area contributed by atoms with Crippen molar-refractivity contribution in [1.82, 2.24) is 9.55 Å². The summed E-state index contributed by atoms with van der Waals surface area (Å²) in [6, 6.07) is 0. The molecule has 2 heterocycles. The van der Waals surface area contributed by atoms with Gasteiger partial charge >= 0.3 is 5.69 Å². The number of unbranched alkanes of at least 4 members (excludes halogenated alkanes) is 26. The Morgan fingerprint density at radius 2 is 1.05 bits per heavy atom. The Morgan fingerprint density at radius 3 is 1.40 bits per heavy atom. The molecule has 0 spiro atoms. The number of nitrogens with one attached hydrogen (secondary N) is 1. The highest BCUT2D eigenvalue weighted by molar-refractivity contribution is 7.84. The number of nitrogens with zero attached hydrogens (tertiary/aromatic N) is 2. The summed E-state index contributed by atoms with van der Waals surface area (Å²) in [7, 11) is 2.46. The quantitative estimate of drug-likeness (QED) is 0.0298. The van der Waals surface area contributed by atoms with Crippen LogP contribution in [0, 0.1) is 6.92 Å². The van der Waals surface area contributed by atoms with Crippen molar-refractivity contribution in [2.45, 2.75) is 232 Å². The monoisotopic (exact) mass is 874 g/mol. The van der Waals surface area contributed by atoms with Gasteiger partial charge < -0.3 is 28.0 Å². The Kier molecular flexibility index (Phi) is 32.7. The Morgan fingerprint density at radius 1 is 0.700 bits per heavy atom. The average Bonchev–Trinajstić information content (AvgIpc) is 3.55. The van der Waals surface area contributed by atoms with Crippen LogP contribution in [0.2, 0.25) is 0 Å². The van der Waals surface area contributed by atoms with Crippen LogP contribution < -0.4 is 11.2 Å². The number of rotatable bonds is 37. The molecule has 0 bridgehead atoms. The molecule has 1 N–H and O–H groups in total. The first kappa shape index (κ1) is 56.4. The molecule has 1 aromatic heterocycles. The SMILES string of the molecule is CCCCCCCCCCCCCCCCOC(OCCCCCCCCCCCCCCCC)O[C@H]1C[C@H](n2cc(C)c(=O)[nH]c2=O)O[C@@H]1C[N+](C)(C)C.CS(=O)(=O)[O-]. The van der Waals surface area contributed by atoms with Crippen molar-refractivity contribution >= 4 is 10.1 Å². The Balaban J connectivity index is 0.00000338. The zero-order chi connectivity index (χ0) is 44.5. The molecule has 0 radical (unpaired) electrons. The van der Waals surface area contributed by atoms with Crippen LogP contribution in [0.5, 0.6) is 0 Å². The number of aromatic amines is 1. The highest BCUT2D eigenvalue weighted by Gasteiger charge is 2.42. The number of H-pyrrole nitrogens is 1. The molecule has 354 valence electrons. The van der Waals surface area contributed by atoms with E-state index in [9.17, 15) is 9.59 Å². The van der Waals surface area contributed by atoms with Gasteiger partial charge in [-0.05, 0) is 19.8 Å². The first-order valence-electron chi connectivity index (χ1n) is 24.2. The minimum atomic E-state index is -3.92. The van der Waals surface area contributed by atoms with Crippen LogP contribution in [0.1, 0.15) is 212 Å². The second-order valence-corrected chi connectivity index (χ2v) is 19.8. The summed E-state index contributed by atoms with van der Waals surface area (Å²) >= 11 is 0. The topological polar surface area (TPSA) is 149 Å². The molecule has 0 aliphatic carbocycles. The van der Waals surface area contributed by atoms with Crippen LogP contribution in [0.3, 0.4) is 0 Å². The van der Waals surface area contributed by atoms with Crippen LogP contribution in [0.4, 0.5) is 0 Å². The van der Waals surface area contributed by atoms with Crippen molar-refractivity contribution in [3.63, 3.8) is 0 Å². The Bertz CT molecular complexity index is 1350. The maximum atomic E-state index is 12.8. The third-order valence-electron chi connectivity index (χ3n) is 11.2. The van der Waals surface area contributed by atoms with E-state index in [1.807, 2.05) is 0 Å². The van der Waals surface area contributed by atoms with Crippen molar-refractivity contribution in [2.75, 3.05) is 47.2 Å². The summed E-state index contributed by atoms with van der Waals surface area (Å²) in [5, 5.41) is 0. The van der Waals surface area contributed by atoms with Crippen molar-refractivity contribution in [3.05, 3.63) is 32.6 Å². The molecule has 0 aromatic carbocycles. The largest absolute Gasteiger partial charge is 0.748 e. The van der Waals surface area contributed by atoms with Gasteiger partial charge in [0.15, 0.2) is 0 Å². The van der Waals surface area contributed by atoms with Crippen LogP contribution >= 0.6 is 0 Å². The maximum absolute atomic E-state index is 12.8. The smallest absolute Gasteiger partial charge is 0.330 e. The van der Waals surface area contributed by atoms with Crippen molar-refractivity contribution < 1.29 is 36.4 Å². The molecule has 1 aliphatic heterocycles. The third-order valence-corrected chi connectivity index (χ3v) is 11.2. The minimum Gasteiger partial charge on any atom is -0.748 e. The molecule has 12 nitrogen and oxygen atoms in total.